The topological polar surface area (TPSA) is 66.6 Å². The molecule has 0 saturated heterocycles. The van der Waals surface area contributed by atoms with E-state index in [0.29, 0.717) is 5.69 Å². The zero-order valence-corrected chi connectivity index (χ0v) is 10.0. The quantitative estimate of drug-likeness (QED) is 0.766. The molecule has 0 atom stereocenters. The molecule has 1 aromatic rings. The second-order valence-electron chi connectivity index (χ2n) is 4.74. The zero-order chi connectivity index (χ0) is 12.4. The first-order valence-electron chi connectivity index (χ1n) is 5.92. The van der Waals surface area contributed by atoms with Crippen molar-refractivity contribution < 1.29 is 9.90 Å². The summed E-state index contributed by atoms with van der Waals surface area (Å²) in [5.41, 5.74) is 7.13. The molecule has 3 N–H and O–H groups in total. The van der Waals surface area contributed by atoms with Crippen LogP contribution in [-0.4, -0.2) is 24.7 Å². The SMILES string of the molecule is CN(CCC1CC1)c1ccc(N)cc1C(=O)O. The molecule has 2 rings (SSSR count). The van der Waals surface area contributed by atoms with Crippen molar-refractivity contribution in [2.45, 2.75) is 19.3 Å². The molecule has 0 aromatic heterocycles. The minimum atomic E-state index is -0.925. The summed E-state index contributed by atoms with van der Waals surface area (Å²) in [5, 5.41) is 9.15. The van der Waals surface area contributed by atoms with Gasteiger partial charge in [-0.1, -0.05) is 12.8 Å². The lowest BCUT2D eigenvalue weighted by Crippen LogP contribution is -2.21. The molecule has 0 spiro atoms. The van der Waals surface area contributed by atoms with Crippen LogP contribution in [0, 0.1) is 5.92 Å². The molecule has 0 radical (unpaired) electrons. The molecule has 1 aliphatic carbocycles. The van der Waals surface area contributed by atoms with E-state index < -0.39 is 5.97 Å². The van der Waals surface area contributed by atoms with Crippen molar-refractivity contribution in [1.82, 2.24) is 0 Å². The highest BCUT2D eigenvalue weighted by Crippen LogP contribution is 2.33. The normalized spacial score (nSPS) is 14.6. The van der Waals surface area contributed by atoms with Gasteiger partial charge < -0.3 is 15.7 Å². The largest absolute Gasteiger partial charge is 0.478 e. The molecule has 92 valence electrons. The minimum absolute atomic E-state index is 0.281. The van der Waals surface area contributed by atoms with Crippen LogP contribution in [-0.2, 0) is 0 Å². The fourth-order valence-electron chi connectivity index (χ4n) is 1.96. The number of rotatable bonds is 5. The molecular weight excluding hydrogens is 216 g/mol. The molecular formula is C13H18N2O2. The molecule has 1 saturated carbocycles. The van der Waals surface area contributed by atoms with Crippen molar-refractivity contribution in [2.24, 2.45) is 5.92 Å². The summed E-state index contributed by atoms with van der Waals surface area (Å²) in [6, 6.07) is 5.05. The van der Waals surface area contributed by atoms with Gasteiger partial charge in [0.25, 0.3) is 0 Å². The summed E-state index contributed by atoms with van der Waals surface area (Å²) in [5.74, 6) is -0.0786. The van der Waals surface area contributed by atoms with Gasteiger partial charge in [0.1, 0.15) is 0 Å². The highest BCUT2D eigenvalue weighted by atomic mass is 16.4. The summed E-state index contributed by atoms with van der Waals surface area (Å²) in [7, 11) is 1.93. The molecule has 4 nitrogen and oxygen atoms in total. The second-order valence-corrected chi connectivity index (χ2v) is 4.74. The zero-order valence-electron chi connectivity index (χ0n) is 10.0. The van der Waals surface area contributed by atoms with E-state index >= 15 is 0 Å². The van der Waals surface area contributed by atoms with Crippen LogP contribution in [0.1, 0.15) is 29.6 Å². The third-order valence-electron chi connectivity index (χ3n) is 3.23. The van der Waals surface area contributed by atoms with Crippen LogP contribution in [0.15, 0.2) is 18.2 Å². The average molecular weight is 234 g/mol. The first-order valence-corrected chi connectivity index (χ1v) is 5.92. The van der Waals surface area contributed by atoms with Crippen molar-refractivity contribution in [3.63, 3.8) is 0 Å². The van der Waals surface area contributed by atoms with E-state index in [2.05, 4.69) is 0 Å². The van der Waals surface area contributed by atoms with Crippen LogP contribution in [0.5, 0.6) is 0 Å². The maximum Gasteiger partial charge on any atom is 0.337 e. The summed E-state index contributed by atoms with van der Waals surface area (Å²) in [6.07, 6.45) is 3.78. The molecule has 1 fully saturated rings. The number of benzene rings is 1. The Hall–Kier alpha value is -1.71. The van der Waals surface area contributed by atoms with Crippen LogP contribution in [0.3, 0.4) is 0 Å². The van der Waals surface area contributed by atoms with Gasteiger partial charge >= 0.3 is 5.97 Å². The van der Waals surface area contributed by atoms with Gasteiger partial charge in [0.2, 0.25) is 0 Å². The second kappa shape index (κ2) is 4.65. The highest BCUT2D eigenvalue weighted by Gasteiger charge is 2.22. The molecule has 17 heavy (non-hydrogen) atoms. The number of anilines is 2. The summed E-state index contributed by atoms with van der Waals surface area (Å²) in [4.78, 5) is 13.1. The third-order valence-corrected chi connectivity index (χ3v) is 3.23. The molecule has 0 aliphatic heterocycles. The number of nitrogens with zero attached hydrogens (tertiary/aromatic N) is 1. The third kappa shape index (κ3) is 2.90. The van der Waals surface area contributed by atoms with Gasteiger partial charge in [0.05, 0.1) is 11.3 Å². The van der Waals surface area contributed by atoms with Crippen molar-refractivity contribution >= 4 is 17.3 Å². The van der Waals surface area contributed by atoms with Crippen molar-refractivity contribution in [3.05, 3.63) is 23.8 Å². The Bertz CT molecular complexity index is 427. The van der Waals surface area contributed by atoms with Gasteiger partial charge in [-0.3, -0.25) is 0 Å². The Morgan fingerprint density at radius 1 is 1.53 bits per heavy atom. The summed E-state index contributed by atoms with van der Waals surface area (Å²) in [6.45, 7) is 0.898. The van der Waals surface area contributed by atoms with Gasteiger partial charge in [0.15, 0.2) is 0 Å². The standard InChI is InChI=1S/C13H18N2O2/c1-15(7-6-9-2-3-9)12-5-4-10(14)8-11(12)13(16)17/h4-5,8-9H,2-3,6-7,14H2,1H3,(H,16,17). The van der Waals surface area contributed by atoms with E-state index in [-0.39, 0.29) is 5.56 Å². The summed E-state index contributed by atoms with van der Waals surface area (Å²) < 4.78 is 0. The van der Waals surface area contributed by atoms with Gasteiger partial charge in [-0.15, -0.1) is 0 Å². The van der Waals surface area contributed by atoms with E-state index in [1.807, 2.05) is 11.9 Å². The fraction of sp³-hybridized carbons (Fsp3) is 0.462. The molecule has 0 amide bonds. The van der Waals surface area contributed by atoms with Crippen LogP contribution < -0.4 is 10.6 Å². The smallest absolute Gasteiger partial charge is 0.337 e. The lowest BCUT2D eigenvalue weighted by atomic mass is 10.1. The van der Waals surface area contributed by atoms with Crippen molar-refractivity contribution in [3.8, 4) is 0 Å². The molecule has 0 heterocycles. The van der Waals surface area contributed by atoms with E-state index in [9.17, 15) is 4.79 Å². The van der Waals surface area contributed by atoms with Crippen molar-refractivity contribution in [1.29, 1.82) is 0 Å². The molecule has 0 bridgehead atoms. The van der Waals surface area contributed by atoms with Crippen LogP contribution in [0.25, 0.3) is 0 Å². The lowest BCUT2D eigenvalue weighted by Gasteiger charge is -2.21. The number of hydrogen-bond acceptors (Lipinski definition) is 3. The van der Waals surface area contributed by atoms with Gasteiger partial charge in [0, 0.05) is 19.3 Å². The predicted octanol–water partition coefficient (Wildman–Crippen LogP) is 2.20. The predicted molar refractivity (Wildman–Crippen MR) is 68.4 cm³/mol. The van der Waals surface area contributed by atoms with Crippen LogP contribution in [0.2, 0.25) is 0 Å². The molecule has 1 aromatic carbocycles. The Kier molecular flexibility index (Phi) is 3.22. The monoisotopic (exact) mass is 234 g/mol. The van der Waals surface area contributed by atoms with Gasteiger partial charge in [-0.2, -0.15) is 0 Å². The van der Waals surface area contributed by atoms with E-state index in [1.54, 1.807) is 12.1 Å². The Labute approximate surface area is 101 Å². The number of carbonyl (C=O) groups is 1. The number of nitrogen functional groups attached to an aromatic ring is 1. The maximum atomic E-state index is 11.1. The lowest BCUT2D eigenvalue weighted by molar-refractivity contribution is 0.0697. The average Bonchev–Trinajstić information content (AvgIpc) is 3.09. The summed E-state index contributed by atoms with van der Waals surface area (Å²) >= 11 is 0. The van der Waals surface area contributed by atoms with Crippen LogP contribution >= 0.6 is 0 Å². The van der Waals surface area contributed by atoms with Crippen LogP contribution in [0.4, 0.5) is 11.4 Å². The van der Waals surface area contributed by atoms with Gasteiger partial charge in [-0.25, -0.2) is 4.79 Å². The Morgan fingerprint density at radius 2 is 2.24 bits per heavy atom. The first kappa shape index (κ1) is 11.8. The number of nitrogens with two attached hydrogens (primary N) is 1. The Balaban J connectivity index is 2.14. The number of hydrogen-bond donors (Lipinski definition) is 2. The highest BCUT2D eigenvalue weighted by molar-refractivity contribution is 5.95. The maximum absolute atomic E-state index is 11.1. The Morgan fingerprint density at radius 3 is 2.82 bits per heavy atom. The molecule has 1 aliphatic rings. The molecule has 4 heteroatoms. The molecule has 0 unspecified atom stereocenters. The first-order chi connectivity index (χ1) is 8.08. The fourth-order valence-corrected chi connectivity index (χ4v) is 1.96. The van der Waals surface area contributed by atoms with E-state index in [1.165, 1.54) is 18.9 Å². The van der Waals surface area contributed by atoms with Crippen molar-refractivity contribution in [2.75, 3.05) is 24.2 Å². The minimum Gasteiger partial charge on any atom is -0.478 e. The number of carboxylic acids is 1. The van der Waals surface area contributed by atoms with E-state index in [4.69, 9.17) is 10.8 Å². The van der Waals surface area contributed by atoms with E-state index in [0.717, 1.165) is 24.6 Å². The van der Waals surface area contributed by atoms with Gasteiger partial charge in [-0.05, 0) is 30.5 Å². The number of aromatic carboxylic acids is 1. The number of carboxylic acid groups (broad SMARTS) is 1.